The van der Waals surface area contributed by atoms with E-state index >= 15 is 0 Å². The van der Waals surface area contributed by atoms with Crippen LogP contribution >= 0.6 is 0 Å². The fourth-order valence-corrected chi connectivity index (χ4v) is 3.62. The molecule has 1 fully saturated rings. The van der Waals surface area contributed by atoms with Crippen LogP contribution < -0.4 is 5.32 Å². The van der Waals surface area contributed by atoms with Crippen LogP contribution in [0.1, 0.15) is 24.0 Å². The zero-order valence-corrected chi connectivity index (χ0v) is 15.4. The largest absolute Gasteiger partial charge is 0.481 e. The van der Waals surface area contributed by atoms with Crippen molar-refractivity contribution < 1.29 is 14.7 Å². The van der Waals surface area contributed by atoms with Crippen molar-refractivity contribution >= 4 is 11.9 Å². The molecule has 2 atom stereocenters. The van der Waals surface area contributed by atoms with Crippen molar-refractivity contribution in [2.75, 3.05) is 13.1 Å². The van der Waals surface area contributed by atoms with Crippen LogP contribution in [-0.2, 0) is 22.6 Å². The Morgan fingerprint density at radius 1 is 1.04 bits per heavy atom. The second kappa shape index (κ2) is 9.33. The second-order valence-corrected chi connectivity index (χ2v) is 7.08. The van der Waals surface area contributed by atoms with Crippen molar-refractivity contribution in [3.8, 4) is 0 Å². The number of benzene rings is 2. The number of carboxylic acids is 1. The molecule has 1 amide bonds. The molecule has 1 aliphatic rings. The highest BCUT2D eigenvalue weighted by Crippen LogP contribution is 2.20. The number of nitrogens with one attached hydrogen (secondary N) is 1. The molecule has 0 aromatic heterocycles. The standard InChI is InChI=1S/C22H26N2O3/c25-21(20-12-7-13-24(20)16-18-10-5-2-6-11-18)23-15-19(22(26)27)14-17-8-3-1-4-9-17/h1-6,8-11,19-20H,7,12-16H2,(H,23,25)(H,26,27)/t19-,20+/m1/s1. The molecule has 0 bridgehead atoms. The topological polar surface area (TPSA) is 69.6 Å². The fraction of sp³-hybridized carbons (Fsp3) is 0.364. The molecule has 27 heavy (non-hydrogen) atoms. The van der Waals surface area contributed by atoms with Gasteiger partial charge >= 0.3 is 5.97 Å². The van der Waals surface area contributed by atoms with Gasteiger partial charge in [0.05, 0.1) is 12.0 Å². The van der Waals surface area contributed by atoms with Gasteiger partial charge in [-0.15, -0.1) is 0 Å². The number of hydrogen-bond acceptors (Lipinski definition) is 3. The number of carbonyl (C=O) groups excluding carboxylic acids is 1. The van der Waals surface area contributed by atoms with Crippen LogP contribution in [0.25, 0.3) is 0 Å². The van der Waals surface area contributed by atoms with Crippen molar-refractivity contribution in [1.82, 2.24) is 10.2 Å². The molecule has 1 saturated heterocycles. The minimum atomic E-state index is -0.883. The number of rotatable bonds is 8. The van der Waals surface area contributed by atoms with E-state index < -0.39 is 11.9 Å². The molecule has 1 heterocycles. The minimum Gasteiger partial charge on any atom is -0.481 e. The van der Waals surface area contributed by atoms with E-state index in [1.807, 2.05) is 48.5 Å². The molecule has 3 rings (SSSR count). The third-order valence-electron chi connectivity index (χ3n) is 5.09. The van der Waals surface area contributed by atoms with Crippen molar-refractivity contribution in [2.24, 2.45) is 5.92 Å². The average molecular weight is 366 g/mol. The number of carboxylic acid groups (broad SMARTS) is 1. The smallest absolute Gasteiger partial charge is 0.308 e. The minimum absolute atomic E-state index is 0.0669. The molecule has 142 valence electrons. The summed E-state index contributed by atoms with van der Waals surface area (Å²) in [6.07, 6.45) is 2.21. The summed E-state index contributed by atoms with van der Waals surface area (Å²) in [6.45, 7) is 1.78. The Labute approximate surface area is 160 Å². The van der Waals surface area contributed by atoms with Gasteiger partial charge in [-0.1, -0.05) is 60.7 Å². The van der Waals surface area contributed by atoms with Gasteiger partial charge in [-0.2, -0.15) is 0 Å². The van der Waals surface area contributed by atoms with Gasteiger partial charge in [-0.25, -0.2) is 0 Å². The van der Waals surface area contributed by atoms with E-state index in [0.29, 0.717) is 6.42 Å². The summed E-state index contributed by atoms with van der Waals surface area (Å²) in [7, 11) is 0. The quantitative estimate of drug-likeness (QED) is 0.754. The average Bonchev–Trinajstić information content (AvgIpc) is 3.14. The summed E-state index contributed by atoms with van der Waals surface area (Å²) >= 11 is 0. The molecule has 0 saturated carbocycles. The van der Waals surface area contributed by atoms with Gasteiger partial charge in [0.2, 0.25) is 5.91 Å². The van der Waals surface area contributed by atoms with Crippen molar-refractivity contribution in [3.63, 3.8) is 0 Å². The summed E-state index contributed by atoms with van der Waals surface area (Å²) in [5.41, 5.74) is 2.15. The molecule has 5 heteroatoms. The maximum Gasteiger partial charge on any atom is 0.308 e. The van der Waals surface area contributed by atoms with Gasteiger partial charge in [0.25, 0.3) is 0 Å². The molecule has 0 radical (unpaired) electrons. The molecule has 1 aliphatic heterocycles. The summed E-state index contributed by atoms with van der Waals surface area (Å²) in [5.74, 6) is -1.57. The third kappa shape index (κ3) is 5.41. The fourth-order valence-electron chi connectivity index (χ4n) is 3.62. The van der Waals surface area contributed by atoms with Crippen LogP contribution in [0.2, 0.25) is 0 Å². The Hall–Kier alpha value is -2.66. The normalized spacial score (nSPS) is 18.1. The maximum atomic E-state index is 12.7. The molecule has 2 aromatic carbocycles. The lowest BCUT2D eigenvalue weighted by Crippen LogP contribution is -2.45. The van der Waals surface area contributed by atoms with Gasteiger partial charge in [-0.05, 0) is 36.9 Å². The SMILES string of the molecule is O=C(O)[C@@H](CNC(=O)[C@@H]1CCCN1Cc1ccccc1)Cc1ccccc1. The second-order valence-electron chi connectivity index (χ2n) is 7.08. The van der Waals surface area contributed by atoms with Crippen LogP contribution in [0.5, 0.6) is 0 Å². The van der Waals surface area contributed by atoms with Crippen LogP contribution in [0.3, 0.4) is 0 Å². The first-order chi connectivity index (χ1) is 13.1. The molecule has 5 nitrogen and oxygen atoms in total. The Kier molecular flexibility index (Phi) is 6.60. The highest BCUT2D eigenvalue weighted by molar-refractivity contribution is 5.82. The van der Waals surface area contributed by atoms with Gasteiger partial charge in [0.1, 0.15) is 0 Å². The summed E-state index contributed by atoms with van der Waals surface area (Å²) in [6, 6.07) is 19.5. The molecule has 0 spiro atoms. The number of likely N-dealkylation sites (tertiary alicyclic amines) is 1. The lowest BCUT2D eigenvalue weighted by molar-refractivity contribution is -0.141. The highest BCUT2D eigenvalue weighted by Gasteiger charge is 2.31. The predicted molar refractivity (Wildman–Crippen MR) is 104 cm³/mol. The zero-order valence-electron chi connectivity index (χ0n) is 15.4. The van der Waals surface area contributed by atoms with E-state index in [2.05, 4.69) is 22.3 Å². The van der Waals surface area contributed by atoms with Gasteiger partial charge in [0, 0.05) is 13.1 Å². The van der Waals surface area contributed by atoms with Crippen LogP contribution in [0, 0.1) is 5.92 Å². The van der Waals surface area contributed by atoms with Crippen LogP contribution in [0.15, 0.2) is 60.7 Å². The van der Waals surface area contributed by atoms with Crippen molar-refractivity contribution in [3.05, 3.63) is 71.8 Å². The summed E-state index contributed by atoms with van der Waals surface area (Å²) in [4.78, 5) is 26.4. The van der Waals surface area contributed by atoms with E-state index in [9.17, 15) is 14.7 Å². The number of hydrogen-bond donors (Lipinski definition) is 2. The van der Waals surface area contributed by atoms with E-state index in [0.717, 1.165) is 31.5 Å². The highest BCUT2D eigenvalue weighted by atomic mass is 16.4. The van der Waals surface area contributed by atoms with E-state index in [4.69, 9.17) is 0 Å². The zero-order chi connectivity index (χ0) is 19.1. The lowest BCUT2D eigenvalue weighted by Gasteiger charge is -2.24. The predicted octanol–water partition coefficient (Wildman–Crippen LogP) is 2.71. The Bertz CT molecular complexity index is 749. The van der Waals surface area contributed by atoms with E-state index in [1.165, 1.54) is 5.56 Å². The summed E-state index contributed by atoms with van der Waals surface area (Å²) in [5, 5.41) is 12.4. The molecular formula is C22H26N2O3. The first-order valence-electron chi connectivity index (χ1n) is 9.46. The molecular weight excluding hydrogens is 340 g/mol. The molecule has 0 aliphatic carbocycles. The van der Waals surface area contributed by atoms with Crippen LogP contribution in [-0.4, -0.2) is 41.0 Å². The van der Waals surface area contributed by atoms with E-state index in [1.54, 1.807) is 0 Å². The van der Waals surface area contributed by atoms with Crippen LogP contribution in [0.4, 0.5) is 0 Å². The van der Waals surface area contributed by atoms with Crippen molar-refractivity contribution in [2.45, 2.75) is 31.8 Å². The van der Waals surface area contributed by atoms with E-state index in [-0.39, 0.29) is 18.5 Å². The summed E-state index contributed by atoms with van der Waals surface area (Å²) < 4.78 is 0. The maximum absolute atomic E-state index is 12.7. The lowest BCUT2D eigenvalue weighted by atomic mass is 9.99. The molecule has 0 unspecified atom stereocenters. The Morgan fingerprint density at radius 3 is 2.30 bits per heavy atom. The Balaban J connectivity index is 1.55. The molecule has 2 aromatic rings. The van der Waals surface area contributed by atoms with Crippen molar-refractivity contribution in [1.29, 1.82) is 0 Å². The number of nitrogens with zero attached hydrogens (tertiary/aromatic N) is 1. The number of amides is 1. The van der Waals surface area contributed by atoms with Gasteiger partial charge in [-0.3, -0.25) is 14.5 Å². The Morgan fingerprint density at radius 2 is 1.67 bits per heavy atom. The van der Waals surface area contributed by atoms with Gasteiger partial charge in [0.15, 0.2) is 0 Å². The monoisotopic (exact) mass is 366 g/mol. The molecule has 2 N–H and O–H groups in total. The first-order valence-corrected chi connectivity index (χ1v) is 9.46. The first kappa shape index (κ1) is 19.1. The third-order valence-corrected chi connectivity index (χ3v) is 5.09. The number of carbonyl (C=O) groups is 2. The number of aliphatic carboxylic acids is 1. The van der Waals surface area contributed by atoms with Gasteiger partial charge < -0.3 is 10.4 Å².